The lowest BCUT2D eigenvalue weighted by Crippen LogP contribution is -2.39. The van der Waals surface area contributed by atoms with Gasteiger partial charge in [-0.2, -0.15) is 0 Å². The molecule has 1 saturated heterocycles. The van der Waals surface area contributed by atoms with Gasteiger partial charge in [0.25, 0.3) is 5.91 Å². The summed E-state index contributed by atoms with van der Waals surface area (Å²) in [7, 11) is 0. The summed E-state index contributed by atoms with van der Waals surface area (Å²) in [5.41, 5.74) is 1.10. The minimum absolute atomic E-state index is 0.0702. The van der Waals surface area contributed by atoms with E-state index >= 15 is 0 Å². The van der Waals surface area contributed by atoms with Gasteiger partial charge in [0, 0.05) is 29.0 Å². The van der Waals surface area contributed by atoms with E-state index in [-0.39, 0.29) is 25.5 Å². The van der Waals surface area contributed by atoms with Crippen molar-refractivity contribution in [1.29, 1.82) is 0 Å². The average molecular weight is 338 g/mol. The number of benzene rings is 1. The van der Waals surface area contributed by atoms with Crippen LogP contribution in [0.25, 0.3) is 10.9 Å². The van der Waals surface area contributed by atoms with Crippen molar-refractivity contribution in [3.63, 3.8) is 0 Å². The Morgan fingerprint density at radius 3 is 2.65 bits per heavy atom. The fourth-order valence-electron chi connectivity index (χ4n) is 2.56. The molecule has 0 saturated carbocycles. The van der Waals surface area contributed by atoms with Gasteiger partial charge in [0.15, 0.2) is 0 Å². The lowest BCUT2D eigenvalue weighted by Gasteiger charge is -2.15. The van der Waals surface area contributed by atoms with Gasteiger partial charge in [-0.1, -0.05) is 11.6 Å². The zero-order valence-electron chi connectivity index (χ0n) is 12.1. The van der Waals surface area contributed by atoms with E-state index in [1.165, 1.54) is 4.90 Å². The van der Waals surface area contributed by atoms with Gasteiger partial charge in [-0.25, -0.2) is 0 Å². The Labute approximate surface area is 136 Å². The van der Waals surface area contributed by atoms with Crippen LogP contribution in [0.4, 0.5) is 0 Å². The molecule has 1 aliphatic heterocycles. The predicted molar refractivity (Wildman–Crippen MR) is 84.2 cm³/mol. The fraction of sp³-hybridized carbons (Fsp3) is 0.333. The van der Waals surface area contributed by atoms with E-state index in [2.05, 4.69) is 10.3 Å². The summed E-state index contributed by atoms with van der Waals surface area (Å²) in [5, 5.41) is 22.8. The van der Waals surface area contributed by atoms with Crippen LogP contribution in [0.1, 0.15) is 10.5 Å². The summed E-state index contributed by atoms with van der Waals surface area (Å²) >= 11 is 5.90. The number of carbonyl (C=O) groups excluding carboxylic acids is 2. The summed E-state index contributed by atoms with van der Waals surface area (Å²) in [6, 6.07) is 6.88. The van der Waals surface area contributed by atoms with E-state index < -0.39 is 18.1 Å². The highest BCUT2D eigenvalue weighted by molar-refractivity contribution is 6.31. The van der Waals surface area contributed by atoms with Crippen LogP contribution in [-0.2, 0) is 4.79 Å². The van der Waals surface area contributed by atoms with Gasteiger partial charge in [-0.15, -0.1) is 0 Å². The Morgan fingerprint density at radius 2 is 1.96 bits per heavy atom. The van der Waals surface area contributed by atoms with Crippen molar-refractivity contribution in [2.75, 3.05) is 19.6 Å². The van der Waals surface area contributed by atoms with E-state index in [1.807, 2.05) is 0 Å². The van der Waals surface area contributed by atoms with E-state index in [0.717, 1.165) is 10.9 Å². The highest BCUT2D eigenvalue weighted by Crippen LogP contribution is 2.20. The summed E-state index contributed by atoms with van der Waals surface area (Å²) in [5.74, 6) is -0.765. The molecule has 0 bridgehead atoms. The number of nitrogens with one attached hydrogen (secondary N) is 2. The number of aliphatic hydroxyl groups excluding tert-OH is 2. The van der Waals surface area contributed by atoms with Crippen LogP contribution < -0.4 is 5.32 Å². The number of likely N-dealkylation sites (tertiary alicyclic amines) is 1. The van der Waals surface area contributed by atoms with Crippen molar-refractivity contribution in [3.8, 4) is 0 Å². The molecular weight excluding hydrogens is 322 g/mol. The molecule has 0 unspecified atom stereocenters. The van der Waals surface area contributed by atoms with Gasteiger partial charge in [0.05, 0.1) is 18.8 Å². The number of β-amino-alcohol motifs (C(OH)–C–C–N with tert-alkyl or cyclic N) is 2. The molecule has 1 fully saturated rings. The predicted octanol–water partition coefficient (Wildman–Crippen LogP) is 0.115. The molecule has 1 aromatic heterocycles. The molecule has 3 rings (SSSR count). The summed E-state index contributed by atoms with van der Waals surface area (Å²) in [6.07, 6.45) is -1.87. The molecule has 8 heteroatoms. The molecule has 4 N–H and O–H groups in total. The normalized spacial score (nSPS) is 20.9. The minimum atomic E-state index is -0.937. The van der Waals surface area contributed by atoms with Crippen LogP contribution in [-0.4, -0.2) is 63.8 Å². The second kappa shape index (κ2) is 6.19. The number of carbonyl (C=O) groups is 2. The molecule has 0 aliphatic carbocycles. The largest absolute Gasteiger partial charge is 0.388 e. The molecule has 122 valence electrons. The summed E-state index contributed by atoms with van der Waals surface area (Å²) < 4.78 is 0. The Morgan fingerprint density at radius 1 is 1.26 bits per heavy atom. The fourth-order valence-corrected chi connectivity index (χ4v) is 2.74. The van der Waals surface area contributed by atoms with Crippen molar-refractivity contribution >= 4 is 34.3 Å². The lowest BCUT2D eigenvalue weighted by atomic mass is 10.2. The van der Waals surface area contributed by atoms with Gasteiger partial charge < -0.3 is 25.4 Å². The molecule has 2 atom stereocenters. The number of aliphatic hydroxyl groups is 2. The summed E-state index contributed by atoms with van der Waals surface area (Å²) in [4.78, 5) is 28.3. The van der Waals surface area contributed by atoms with Crippen LogP contribution in [0.3, 0.4) is 0 Å². The van der Waals surface area contributed by atoms with Crippen molar-refractivity contribution in [1.82, 2.24) is 15.2 Å². The molecule has 7 nitrogen and oxygen atoms in total. The number of halogens is 1. The SMILES string of the molecule is O=C(NCC(=O)N1C[C@H](O)[C@@H](O)C1)c1cc2cc(Cl)ccc2[nH]1. The van der Waals surface area contributed by atoms with Crippen LogP contribution >= 0.6 is 11.6 Å². The highest BCUT2D eigenvalue weighted by Gasteiger charge is 2.32. The third-order valence-electron chi connectivity index (χ3n) is 3.84. The quantitative estimate of drug-likeness (QED) is 0.638. The van der Waals surface area contributed by atoms with E-state index in [1.54, 1.807) is 24.3 Å². The molecule has 1 aliphatic rings. The van der Waals surface area contributed by atoms with Crippen LogP contribution in [0.2, 0.25) is 5.02 Å². The highest BCUT2D eigenvalue weighted by atomic mass is 35.5. The average Bonchev–Trinajstić information content (AvgIpc) is 3.08. The van der Waals surface area contributed by atoms with Crippen molar-refractivity contribution in [2.45, 2.75) is 12.2 Å². The first-order valence-corrected chi connectivity index (χ1v) is 7.52. The van der Waals surface area contributed by atoms with E-state index in [9.17, 15) is 19.8 Å². The monoisotopic (exact) mass is 337 g/mol. The standard InChI is InChI=1S/C15H16ClN3O4/c16-9-1-2-10-8(3-9)4-11(18-10)15(23)17-5-14(22)19-6-12(20)13(21)7-19/h1-4,12-13,18,20-21H,5-7H2,(H,17,23)/t12-,13-/m0/s1. The smallest absolute Gasteiger partial charge is 0.268 e. The summed E-state index contributed by atoms with van der Waals surface area (Å²) in [6.45, 7) is -0.0596. The maximum absolute atomic E-state index is 12.1. The number of H-pyrrole nitrogens is 1. The first-order valence-electron chi connectivity index (χ1n) is 7.14. The number of aromatic amines is 1. The molecular formula is C15H16ClN3O4. The van der Waals surface area contributed by atoms with Gasteiger partial charge in [0.1, 0.15) is 5.69 Å². The third-order valence-corrected chi connectivity index (χ3v) is 4.07. The molecule has 2 aromatic rings. The zero-order chi connectivity index (χ0) is 16.6. The molecule has 0 radical (unpaired) electrons. The first-order chi connectivity index (χ1) is 10.9. The second-order valence-corrected chi connectivity index (χ2v) is 5.97. The molecule has 2 amide bonds. The first kappa shape index (κ1) is 15.8. The van der Waals surface area contributed by atoms with Crippen LogP contribution in [0.15, 0.2) is 24.3 Å². The molecule has 2 heterocycles. The van der Waals surface area contributed by atoms with Gasteiger partial charge in [-0.05, 0) is 24.3 Å². The van der Waals surface area contributed by atoms with Gasteiger partial charge in [0.2, 0.25) is 5.91 Å². The van der Waals surface area contributed by atoms with Crippen molar-refractivity contribution < 1.29 is 19.8 Å². The molecule has 23 heavy (non-hydrogen) atoms. The van der Waals surface area contributed by atoms with Crippen molar-refractivity contribution in [3.05, 3.63) is 35.0 Å². The lowest BCUT2D eigenvalue weighted by molar-refractivity contribution is -0.129. The Balaban J connectivity index is 1.61. The Bertz CT molecular complexity index is 750. The van der Waals surface area contributed by atoms with E-state index in [0.29, 0.717) is 10.7 Å². The van der Waals surface area contributed by atoms with E-state index in [4.69, 9.17) is 11.6 Å². The third kappa shape index (κ3) is 3.31. The second-order valence-electron chi connectivity index (χ2n) is 5.53. The van der Waals surface area contributed by atoms with Gasteiger partial charge in [-0.3, -0.25) is 9.59 Å². The topological polar surface area (TPSA) is 106 Å². The maximum atomic E-state index is 12.1. The number of rotatable bonds is 3. The van der Waals surface area contributed by atoms with Gasteiger partial charge >= 0.3 is 0 Å². The number of hydrogen-bond donors (Lipinski definition) is 4. The number of aromatic nitrogens is 1. The molecule has 0 spiro atoms. The Hall–Kier alpha value is -2.09. The number of amides is 2. The molecule has 1 aromatic carbocycles. The number of hydrogen-bond acceptors (Lipinski definition) is 4. The maximum Gasteiger partial charge on any atom is 0.268 e. The van der Waals surface area contributed by atoms with Crippen LogP contribution in [0, 0.1) is 0 Å². The van der Waals surface area contributed by atoms with Crippen LogP contribution in [0.5, 0.6) is 0 Å². The number of nitrogens with zero attached hydrogens (tertiary/aromatic N) is 1. The van der Waals surface area contributed by atoms with Crippen molar-refractivity contribution in [2.24, 2.45) is 0 Å². The Kier molecular flexibility index (Phi) is 4.25. The minimum Gasteiger partial charge on any atom is -0.388 e. The number of fused-ring (bicyclic) bond motifs is 1. The zero-order valence-corrected chi connectivity index (χ0v) is 12.9.